The quantitative estimate of drug-likeness (QED) is 0.805. The van der Waals surface area contributed by atoms with Crippen molar-refractivity contribution in [3.8, 4) is 0 Å². The van der Waals surface area contributed by atoms with E-state index < -0.39 is 28.2 Å². The molecule has 0 spiro atoms. The summed E-state index contributed by atoms with van der Waals surface area (Å²) in [5, 5.41) is 0. The first-order chi connectivity index (χ1) is 8.81. The first kappa shape index (κ1) is 16.0. The first-order valence-electron chi connectivity index (χ1n) is 5.66. The molecule has 0 saturated carbocycles. The summed E-state index contributed by atoms with van der Waals surface area (Å²) in [4.78, 5) is 0.0340. The second-order valence-electron chi connectivity index (χ2n) is 4.16. The summed E-state index contributed by atoms with van der Waals surface area (Å²) in [5.41, 5.74) is 0.339. The second kappa shape index (κ2) is 6.42. The van der Waals surface area contributed by atoms with E-state index in [4.69, 9.17) is 9.47 Å². The molecule has 0 aliphatic carbocycles. The van der Waals surface area contributed by atoms with Crippen LogP contribution in [0.2, 0.25) is 0 Å². The molecule has 1 rings (SSSR count). The highest BCUT2D eigenvalue weighted by atomic mass is 32.2. The van der Waals surface area contributed by atoms with Crippen LogP contribution in [0.4, 0.5) is 4.39 Å². The first-order valence-corrected chi connectivity index (χ1v) is 7.14. The highest BCUT2D eigenvalue weighted by molar-refractivity contribution is 7.89. The van der Waals surface area contributed by atoms with Crippen molar-refractivity contribution in [2.45, 2.75) is 31.1 Å². The van der Waals surface area contributed by atoms with Crippen molar-refractivity contribution in [1.82, 2.24) is 4.72 Å². The van der Waals surface area contributed by atoms with E-state index in [0.717, 1.165) is 6.07 Å². The Morgan fingerprint density at radius 3 is 2.32 bits per heavy atom. The zero-order valence-electron chi connectivity index (χ0n) is 11.3. The minimum absolute atomic E-state index is 0.0340. The van der Waals surface area contributed by atoms with Crippen LogP contribution >= 0.6 is 0 Å². The van der Waals surface area contributed by atoms with E-state index in [2.05, 4.69) is 4.72 Å². The molecule has 0 aliphatic heterocycles. The number of nitrogens with one attached hydrogen (secondary N) is 1. The summed E-state index contributed by atoms with van der Waals surface area (Å²) in [6.45, 7) is 3.15. The van der Waals surface area contributed by atoms with Crippen molar-refractivity contribution in [2.24, 2.45) is 0 Å². The molecule has 5 nitrogen and oxygen atoms in total. The largest absolute Gasteiger partial charge is 0.354 e. The predicted molar refractivity (Wildman–Crippen MR) is 68.7 cm³/mol. The van der Waals surface area contributed by atoms with Gasteiger partial charge in [0.25, 0.3) is 0 Å². The highest BCUT2D eigenvalue weighted by Crippen LogP contribution is 2.17. The fraction of sp³-hybridized carbons (Fsp3) is 0.500. The van der Waals surface area contributed by atoms with Crippen LogP contribution in [-0.2, 0) is 19.5 Å². The van der Waals surface area contributed by atoms with Crippen LogP contribution in [0.3, 0.4) is 0 Å². The molecular weight excluding hydrogens is 273 g/mol. The Kier molecular flexibility index (Phi) is 5.42. The number of halogens is 1. The van der Waals surface area contributed by atoms with Gasteiger partial charge >= 0.3 is 0 Å². The number of rotatable bonds is 6. The summed E-state index contributed by atoms with van der Waals surface area (Å²) in [6, 6.07) is 2.93. The van der Waals surface area contributed by atoms with E-state index in [1.165, 1.54) is 33.3 Å². The van der Waals surface area contributed by atoms with Gasteiger partial charge in [-0.25, -0.2) is 17.5 Å². The molecule has 0 bridgehead atoms. The summed E-state index contributed by atoms with van der Waals surface area (Å²) in [7, 11) is -0.911. The van der Waals surface area contributed by atoms with Crippen molar-refractivity contribution in [3.63, 3.8) is 0 Å². The van der Waals surface area contributed by atoms with E-state index in [1.807, 2.05) is 0 Å². The van der Waals surface area contributed by atoms with Crippen molar-refractivity contribution in [2.75, 3.05) is 14.2 Å². The molecule has 0 aromatic heterocycles. The van der Waals surface area contributed by atoms with Crippen molar-refractivity contribution >= 4 is 10.0 Å². The number of sulfonamides is 1. The van der Waals surface area contributed by atoms with Gasteiger partial charge in [-0.2, -0.15) is 0 Å². The third-order valence-corrected chi connectivity index (χ3v) is 4.36. The second-order valence-corrected chi connectivity index (χ2v) is 5.84. The van der Waals surface area contributed by atoms with Gasteiger partial charge in [0.1, 0.15) is 5.82 Å². The van der Waals surface area contributed by atoms with Crippen LogP contribution in [0, 0.1) is 12.7 Å². The summed E-state index contributed by atoms with van der Waals surface area (Å²) >= 11 is 0. The average Bonchev–Trinajstić information content (AvgIpc) is 2.29. The van der Waals surface area contributed by atoms with E-state index in [-0.39, 0.29) is 4.90 Å². The monoisotopic (exact) mass is 291 g/mol. The molecule has 0 amide bonds. The lowest BCUT2D eigenvalue weighted by Crippen LogP contribution is -2.43. The van der Waals surface area contributed by atoms with Gasteiger partial charge in [0.15, 0.2) is 6.29 Å². The predicted octanol–water partition coefficient (Wildman–Crippen LogP) is 1.42. The van der Waals surface area contributed by atoms with Gasteiger partial charge in [-0.05, 0) is 37.6 Å². The zero-order valence-corrected chi connectivity index (χ0v) is 12.1. The molecule has 108 valence electrons. The summed E-state index contributed by atoms with van der Waals surface area (Å²) in [6.07, 6.45) is -0.699. The average molecular weight is 291 g/mol. The van der Waals surface area contributed by atoms with Crippen molar-refractivity contribution < 1.29 is 22.3 Å². The Morgan fingerprint density at radius 1 is 1.26 bits per heavy atom. The lowest BCUT2D eigenvalue weighted by Gasteiger charge is -2.22. The van der Waals surface area contributed by atoms with Gasteiger partial charge < -0.3 is 9.47 Å². The maximum Gasteiger partial charge on any atom is 0.241 e. The zero-order chi connectivity index (χ0) is 14.6. The lowest BCUT2D eigenvalue weighted by atomic mass is 10.2. The highest BCUT2D eigenvalue weighted by Gasteiger charge is 2.24. The standard InChI is InChI=1S/C12H18FNO4S/c1-8-7-10(13)5-6-11(8)19(15,16)14-9(2)12(17-3)18-4/h5-7,9,12,14H,1-4H3. The topological polar surface area (TPSA) is 64.6 Å². The van der Waals surface area contributed by atoms with Crippen LogP contribution in [0.25, 0.3) is 0 Å². The van der Waals surface area contributed by atoms with Crippen molar-refractivity contribution in [3.05, 3.63) is 29.6 Å². The number of benzene rings is 1. The third-order valence-electron chi connectivity index (χ3n) is 2.64. The van der Waals surface area contributed by atoms with E-state index in [1.54, 1.807) is 6.92 Å². The molecule has 1 aromatic rings. The Hall–Kier alpha value is -1.02. The smallest absolute Gasteiger partial charge is 0.241 e. The van der Waals surface area contributed by atoms with Gasteiger partial charge in [0.05, 0.1) is 10.9 Å². The van der Waals surface area contributed by atoms with Gasteiger partial charge in [-0.1, -0.05) is 0 Å². The van der Waals surface area contributed by atoms with Crippen LogP contribution in [0.15, 0.2) is 23.1 Å². The third kappa shape index (κ3) is 3.97. The molecule has 1 atom stereocenters. The fourth-order valence-corrected chi connectivity index (χ4v) is 3.24. The molecule has 1 aromatic carbocycles. The minimum Gasteiger partial charge on any atom is -0.354 e. The Labute approximate surface area is 112 Å². The Balaban J connectivity index is 2.98. The van der Waals surface area contributed by atoms with Crippen LogP contribution in [0.1, 0.15) is 12.5 Å². The molecule has 1 N–H and O–H groups in total. The molecule has 0 aliphatic rings. The van der Waals surface area contributed by atoms with Gasteiger partial charge in [0.2, 0.25) is 10.0 Å². The van der Waals surface area contributed by atoms with E-state index >= 15 is 0 Å². The van der Waals surface area contributed by atoms with Crippen molar-refractivity contribution in [1.29, 1.82) is 0 Å². The van der Waals surface area contributed by atoms with Crippen LogP contribution < -0.4 is 4.72 Å². The Morgan fingerprint density at radius 2 is 1.84 bits per heavy atom. The van der Waals surface area contributed by atoms with Gasteiger partial charge in [0, 0.05) is 14.2 Å². The van der Waals surface area contributed by atoms with E-state index in [0.29, 0.717) is 5.56 Å². The molecule has 0 radical (unpaired) electrons. The Bertz CT molecular complexity index is 529. The van der Waals surface area contributed by atoms with Gasteiger partial charge in [-0.15, -0.1) is 0 Å². The number of ether oxygens (including phenoxy) is 2. The maximum absolute atomic E-state index is 13.0. The van der Waals surface area contributed by atoms with E-state index in [9.17, 15) is 12.8 Å². The van der Waals surface area contributed by atoms with Crippen LogP contribution in [-0.4, -0.2) is 35.0 Å². The molecule has 1 unspecified atom stereocenters. The molecular formula is C12H18FNO4S. The van der Waals surface area contributed by atoms with Gasteiger partial charge in [-0.3, -0.25) is 0 Å². The number of hydrogen-bond acceptors (Lipinski definition) is 4. The SMILES string of the molecule is COC(OC)C(C)NS(=O)(=O)c1ccc(F)cc1C. The number of aryl methyl sites for hydroxylation is 1. The summed E-state index contributed by atoms with van der Waals surface area (Å²) in [5.74, 6) is -0.476. The summed E-state index contributed by atoms with van der Waals surface area (Å²) < 4.78 is 49.7. The normalized spacial score (nSPS) is 13.8. The maximum atomic E-state index is 13.0. The molecule has 0 saturated heterocycles. The molecule has 19 heavy (non-hydrogen) atoms. The molecule has 0 heterocycles. The van der Waals surface area contributed by atoms with Crippen LogP contribution in [0.5, 0.6) is 0 Å². The number of methoxy groups -OCH3 is 2. The fourth-order valence-electron chi connectivity index (χ4n) is 1.78. The lowest BCUT2D eigenvalue weighted by molar-refractivity contribution is -0.115. The molecule has 0 fully saturated rings. The minimum atomic E-state index is -3.75. The molecule has 7 heteroatoms. The number of hydrogen-bond donors (Lipinski definition) is 1.